The fourth-order valence-corrected chi connectivity index (χ4v) is 2.62. The molecule has 0 spiro atoms. The number of carbonyl (C=O) groups is 1. The number of nitrogens with one attached hydrogen (secondary N) is 2. The van der Waals surface area contributed by atoms with Crippen molar-refractivity contribution in [3.05, 3.63) is 47.1 Å². The molecular formula is C18H20ClN3O3. The van der Waals surface area contributed by atoms with Crippen LogP contribution in [0.5, 0.6) is 11.5 Å². The number of halogens is 1. The van der Waals surface area contributed by atoms with Gasteiger partial charge in [0.15, 0.2) is 11.5 Å². The van der Waals surface area contributed by atoms with Gasteiger partial charge >= 0.3 is 0 Å². The van der Waals surface area contributed by atoms with Crippen LogP contribution in [0.4, 0.5) is 5.82 Å². The molecule has 1 aromatic carbocycles. The number of aromatic nitrogens is 1. The van der Waals surface area contributed by atoms with Gasteiger partial charge < -0.3 is 20.1 Å². The zero-order valence-electron chi connectivity index (χ0n) is 13.9. The number of hydrogen-bond donors (Lipinski definition) is 2. The summed E-state index contributed by atoms with van der Waals surface area (Å²) in [7, 11) is 0. The van der Waals surface area contributed by atoms with Gasteiger partial charge in [0.25, 0.3) is 0 Å². The fourth-order valence-electron chi connectivity index (χ4n) is 2.51. The molecule has 2 aromatic rings. The zero-order chi connectivity index (χ0) is 17.6. The van der Waals surface area contributed by atoms with Gasteiger partial charge in [-0.1, -0.05) is 17.7 Å². The van der Waals surface area contributed by atoms with Crippen molar-refractivity contribution in [2.24, 2.45) is 0 Å². The maximum absolute atomic E-state index is 12.1. The summed E-state index contributed by atoms with van der Waals surface area (Å²) < 4.78 is 11.1. The summed E-state index contributed by atoms with van der Waals surface area (Å²) in [5, 5.41) is 6.65. The first-order valence-electron chi connectivity index (χ1n) is 8.16. The maximum Gasteiger partial charge on any atom is 0.222 e. The molecule has 0 fully saturated rings. The van der Waals surface area contributed by atoms with Crippen LogP contribution in [-0.4, -0.2) is 30.6 Å². The van der Waals surface area contributed by atoms with Gasteiger partial charge in [-0.2, -0.15) is 0 Å². The minimum atomic E-state index is -0.114. The van der Waals surface area contributed by atoms with Gasteiger partial charge in [-0.05, 0) is 36.8 Å². The van der Waals surface area contributed by atoms with E-state index < -0.39 is 0 Å². The average Bonchev–Trinajstić information content (AvgIpc) is 2.63. The predicted molar refractivity (Wildman–Crippen MR) is 96.3 cm³/mol. The molecule has 0 radical (unpaired) electrons. The number of amides is 1. The van der Waals surface area contributed by atoms with E-state index >= 15 is 0 Å². The van der Waals surface area contributed by atoms with Gasteiger partial charge in [-0.3, -0.25) is 4.79 Å². The minimum absolute atomic E-state index is 0.0381. The van der Waals surface area contributed by atoms with Crippen LogP contribution in [0.2, 0.25) is 5.02 Å². The fraction of sp³-hybridized carbons (Fsp3) is 0.333. The lowest BCUT2D eigenvalue weighted by Gasteiger charge is -2.21. The molecule has 6 nitrogen and oxygen atoms in total. The summed E-state index contributed by atoms with van der Waals surface area (Å²) in [4.78, 5) is 16.2. The molecule has 1 aliphatic rings. The molecule has 25 heavy (non-hydrogen) atoms. The van der Waals surface area contributed by atoms with Gasteiger partial charge in [-0.25, -0.2) is 4.98 Å². The Morgan fingerprint density at radius 1 is 1.24 bits per heavy atom. The first-order valence-corrected chi connectivity index (χ1v) is 8.54. The van der Waals surface area contributed by atoms with E-state index in [-0.39, 0.29) is 11.9 Å². The average molecular weight is 362 g/mol. The SMILES string of the molecule is CC(NC(=O)CCNc1ccc(Cl)cn1)c1ccc2c(c1)OCCO2. The summed E-state index contributed by atoms with van der Waals surface area (Å²) in [6, 6.07) is 9.14. The van der Waals surface area contributed by atoms with E-state index in [2.05, 4.69) is 15.6 Å². The molecule has 132 valence electrons. The lowest BCUT2D eigenvalue weighted by Crippen LogP contribution is -2.28. The van der Waals surface area contributed by atoms with Crippen LogP contribution >= 0.6 is 11.6 Å². The molecule has 1 atom stereocenters. The minimum Gasteiger partial charge on any atom is -0.486 e. The van der Waals surface area contributed by atoms with Crippen LogP contribution in [0.3, 0.4) is 0 Å². The third-order valence-electron chi connectivity index (χ3n) is 3.83. The molecule has 0 aliphatic carbocycles. The van der Waals surface area contributed by atoms with E-state index in [1.54, 1.807) is 18.3 Å². The number of anilines is 1. The number of nitrogens with zero attached hydrogens (tertiary/aromatic N) is 1. The Balaban J connectivity index is 1.48. The van der Waals surface area contributed by atoms with Crippen molar-refractivity contribution >= 4 is 23.3 Å². The van der Waals surface area contributed by atoms with Crippen molar-refractivity contribution in [2.45, 2.75) is 19.4 Å². The normalized spacial score (nSPS) is 13.8. The van der Waals surface area contributed by atoms with Crippen LogP contribution in [0, 0.1) is 0 Å². The van der Waals surface area contributed by atoms with Gasteiger partial charge in [0.1, 0.15) is 19.0 Å². The van der Waals surface area contributed by atoms with Gasteiger partial charge in [0.05, 0.1) is 11.1 Å². The van der Waals surface area contributed by atoms with Crippen LogP contribution in [0.15, 0.2) is 36.5 Å². The predicted octanol–water partition coefficient (Wildman–Crippen LogP) is 3.19. The third kappa shape index (κ3) is 4.76. The Hall–Kier alpha value is -2.47. The highest BCUT2D eigenvalue weighted by molar-refractivity contribution is 6.30. The Labute approximate surface area is 151 Å². The Kier molecular flexibility index (Phi) is 5.60. The summed E-state index contributed by atoms with van der Waals surface area (Å²) in [6.45, 7) is 3.54. The molecule has 1 amide bonds. The Morgan fingerprint density at radius 2 is 2.04 bits per heavy atom. The topological polar surface area (TPSA) is 72.5 Å². The van der Waals surface area contributed by atoms with E-state index in [0.29, 0.717) is 37.0 Å². The van der Waals surface area contributed by atoms with E-state index in [0.717, 1.165) is 17.1 Å². The molecule has 0 bridgehead atoms. The number of ether oxygens (including phenoxy) is 2. The highest BCUT2D eigenvalue weighted by Gasteiger charge is 2.15. The molecular weight excluding hydrogens is 342 g/mol. The van der Waals surface area contributed by atoms with Crippen molar-refractivity contribution in [2.75, 3.05) is 25.1 Å². The third-order valence-corrected chi connectivity index (χ3v) is 4.05. The van der Waals surface area contributed by atoms with Gasteiger partial charge in [0, 0.05) is 19.2 Å². The molecule has 2 N–H and O–H groups in total. The smallest absolute Gasteiger partial charge is 0.222 e. The Morgan fingerprint density at radius 3 is 2.80 bits per heavy atom. The lowest BCUT2D eigenvalue weighted by molar-refractivity contribution is -0.121. The molecule has 1 aliphatic heterocycles. The highest BCUT2D eigenvalue weighted by atomic mass is 35.5. The summed E-state index contributed by atoms with van der Waals surface area (Å²) in [6.07, 6.45) is 1.91. The largest absolute Gasteiger partial charge is 0.486 e. The van der Waals surface area contributed by atoms with Crippen molar-refractivity contribution in [1.82, 2.24) is 10.3 Å². The van der Waals surface area contributed by atoms with Crippen LogP contribution in [-0.2, 0) is 4.79 Å². The maximum atomic E-state index is 12.1. The summed E-state index contributed by atoms with van der Waals surface area (Å²) >= 11 is 5.78. The molecule has 0 saturated heterocycles. The molecule has 7 heteroatoms. The van der Waals surface area contributed by atoms with Crippen molar-refractivity contribution in [3.8, 4) is 11.5 Å². The second-order valence-electron chi connectivity index (χ2n) is 5.73. The molecule has 3 rings (SSSR count). The summed E-state index contributed by atoms with van der Waals surface area (Å²) in [5.74, 6) is 2.12. The van der Waals surface area contributed by atoms with Crippen LogP contribution in [0.25, 0.3) is 0 Å². The number of hydrogen-bond acceptors (Lipinski definition) is 5. The monoisotopic (exact) mass is 361 g/mol. The highest BCUT2D eigenvalue weighted by Crippen LogP contribution is 2.32. The molecule has 1 unspecified atom stereocenters. The number of fused-ring (bicyclic) bond motifs is 1. The quantitative estimate of drug-likeness (QED) is 0.826. The number of benzene rings is 1. The van der Waals surface area contributed by atoms with Crippen molar-refractivity contribution in [3.63, 3.8) is 0 Å². The van der Waals surface area contributed by atoms with Crippen molar-refractivity contribution < 1.29 is 14.3 Å². The first kappa shape index (κ1) is 17.4. The number of pyridine rings is 1. The molecule has 1 aromatic heterocycles. The van der Waals surface area contributed by atoms with Gasteiger partial charge in [-0.15, -0.1) is 0 Å². The van der Waals surface area contributed by atoms with Gasteiger partial charge in [0.2, 0.25) is 5.91 Å². The molecule has 0 saturated carbocycles. The van der Waals surface area contributed by atoms with Crippen LogP contribution < -0.4 is 20.1 Å². The second kappa shape index (κ2) is 8.07. The number of rotatable bonds is 6. The van der Waals surface area contributed by atoms with Crippen LogP contribution in [0.1, 0.15) is 24.9 Å². The zero-order valence-corrected chi connectivity index (χ0v) is 14.7. The standard InChI is InChI=1S/C18H20ClN3O3/c1-12(13-2-4-15-16(10-13)25-9-8-24-15)22-18(23)6-7-20-17-5-3-14(19)11-21-17/h2-5,10-12H,6-9H2,1H3,(H,20,21)(H,22,23). The lowest BCUT2D eigenvalue weighted by atomic mass is 10.1. The first-order chi connectivity index (χ1) is 12.1. The van der Waals surface area contributed by atoms with E-state index in [4.69, 9.17) is 21.1 Å². The van der Waals surface area contributed by atoms with Crippen molar-refractivity contribution in [1.29, 1.82) is 0 Å². The van der Waals surface area contributed by atoms with E-state index in [1.807, 2.05) is 25.1 Å². The van der Waals surface area contributed by atoms with E-state index in [9.17, 15) is 4.79 Å². The second-order valence-corrected chi connectivity index (χ2v) is 6.17. The Bertz CT molecular complexity index is 737. The molecule has 2 heterocycles. The summed E-state index contributed by atoms with van der Waals surface area (Å²) in [5.41, 5.74) is 0.977. The van der Waals surface area contributed by atoms with E-state index in [1.165, 1.54) is 0 Å². The number of carbonyl (C=O) groups excluding carboxylic acids is 1.